The number of carbonyl (C=O) groups excluding carboxylic acids is 2. The molecule has 26 heavy (non-hydrogen) atoms. The van der Waals surface area contributed by atoms with E-state index in [9.17, 15) is 9.59 Å². The fraction of sp³-hybridized carbons (Fsp3) is 0.300. The number of benzene rings is 2. The molecule has 2 heterocycles. The van der Waals surface area contributed by atoms with Crippen molar-refractivity contribution in [2.75, 3.05) is 31.6 Å². The van der Waals surface area contributed by atoms with Gasteiger partial charge < -0.3 is 9.80 Å². The molecule has 2 aromatic rings. The van der Waals surface area contributed by atoms with Gasteiger partial charge in [0.1, 0.15) is 6.04 Å². The largest absolute Gasteiger partial charge is 0.345 e. The van der Waals surface area contributed by atoms with E-state index < -0.39 is 0 Å². The smallest absolute Gasteiger partial charge is 0.324 e. The van der Waals surface area contributed by atoms with Crippen LogP contribution in [0.2, 0.25) is 0 Å². The van der Waals surface area contributed by atoms with Crippen LogP contribution in [-0.4, -0.2) is 54.5 Å². The number of fused-ring (bicyclic) bond motifs is 1. The molecule has 6 nitrogen and oxygen atoms in total. The molecular formula is C20H22N4O2. The van der Waals surface area contributed by atoms with Crippen molar-refractivity contribution >= 4 is 23.3 Å². The first-order valence-electron chi connectivity index (χ1n) is 8.83. The number of rotatable bonds is 4. The summed E-state index contributed by atoms with van der Waals surface area (Å²) in [4.78, 5) is 29.6. The van der Waals surface area contributed by atoms with Crippen LogP contribution in [0.15, 0.2) is 54.6 Å². The molecule has 4 rings (SSSR count). The summed E-state index contributed by atoms with van der Waals surface area (Å²) in [5.41, 5.74) is 3.48. The molecule has 0 aromatic heterocycles. The lowest BCUT2D eigenvalue weighted by atomic mass is 10.1. The lowest BCUT2D eigenvalue weighted by molar-refractivity contribution is -0.122. The van der Waals surface area contributed by atoms with Gasteiger partial charge in [0.2, 0.25) is 0 Å². The Balaban J connectivity index is 1.40. The van der Waals surface area contributed by atoms with E-state index in [1.54, 1.807) is 4.90 Å². The second-order valence-electron chi connectivity index (χ2n) is 6.80. The van der Waals surface area contributed by atoms with Crippen molar-refractivity contribution in [2.45, 2.75) is 12.6 Å². The molecule has 6 heteroatoms. The maximum atomic E-state index is 11.9. The Bertz CT molecular complexity index is 806. The number of urea groups is 1. The normalized spacial score (nSPS) is 20.0. The molecule has 2 fully saturated rings. The van der Waals surface area contributed by atoms with Gasteiger partial charge in [0, 0.05) is 44.6 Å². The number of anilines is 2. The molecule has 0 bridgehead atoms. The summed E-state index contributed by atoms with van der Waals surface area (Å²) in [6.07, 6.45) is 0. The van der Waals surface area contributed by atoms with Gasteiger partial charge in [0.05, 0.1) is 0 Å². The van der Waals surface area contributed by atoms with Gasteiger partial charge in [-0.05, 0) is 29.8 Å². The van der Waals surface area contributed by atoms with Gasteiger partial charge in [-0.25, -0.2) is 4.79 Å². The second-order valence-corrected chi connectivity index (χ2v) is 6.80. The summed E-state index contributed by atoms with van der Waals surface area (Å²) in [6.45, 7) is 2.74. The highest BCUT2D eigenvalue weighted by molar-refractivity contribution is 6.04. The van der Waals surface area contributed by atoms with Crippen LogP contribution in [0.4, 0.5) is 16.2 Å². The van der Waals surface area contributed by atoms with Crippen molar-refractivity contribution in [3.63, 3.8) is 0 Å². The average Bonchev–Trinajstić information content (AvgIpc) is 2.96. The zero-order valence-electron chi connectivity index (χ0n) is 14.8. The van der Waals surface area contributed by atoms with Gasteiger partial charge in [-0.15, -0.1) is 0 Å². The molecule has 1 N–H and O–H groups in total. The van der Waals surface area contributed by atoms with E-state index >= 15 is 0 Å². The first-order valence-corrected chi connectivity index (χ1v) is 8.83. The van der Waals surface area contributed by atoms with Crippen LogP contribution in [0, 0.1) is 0 Å². The monoisotopic (exact) mass is 350 g/mol. The molecule has 3 amide bonds. The number of nitrogens with one attached hydrogen (secondary N) is 1. The van der Waals surface area contributed by atoms with Crippen LogP contribution < -0.4 is 10.2 Å². The van der Waals surface area contributed by atoms with Crippen LogP contribution >= 0.6 is 0 Å². The van der Waals surface area contributed by atoms with Gasteiger partial charge in [0.15, 0.2) is 0 Å². The van der Waals surface area contributed by atoms with Crippen molar-refractivity contribution < 1.29 is 9.59 Å². The van der Waals surface area contributed by atoms with E-state index in [0.717, 1.165) is 24.5 Å². The van der Waals surface area contributed by atoms with Crippen molar-refractivity contribution in [3.05, 3.63) is 60.2 Å². The number of hydrogen-bond acceptors (Lipinski definition) is 4. The zero-order valence-corrected chi connectivity index (χ0v) is 14.8. The van der Waals surface area contributed by atoms with Gasteiger partial charge in [-0.1, -0.05) is 30.3 Å². The standard InChI is InChI=1S/C20H22N4O2/c1-22(16-5-3-2-4-6-16)17-9-7-15(8-10-17)13-23-11-12-24-18(14-23)19(25)21-20(24)26/h2-10,18H,11-14H2,1H3,(H,21,25,26). The molecule has 0 aliphatic carbocycles. The minimum atomic E-state index is -0.347. The third-order valence-electron chi connectivity index (χ3n) is 5.13. The predicted molar refractivity (Wildman–Crippen MR) is 100 cm³/mol. The Morgan fingerprint density at radius 2 is 1.69 bits per heavy atom. The number of para-hydroxylation sites is 1. The molecule has 1 unspecified atom stereocenters. The number of amides is 3. The minimum absolute atomic E-state index is 0.181. The summed E-state index contributed by atoms with van der Waals surface area (Å²) < 4.78 is 0. The van der Waals surface area contributed by atoms with Crippen molar-refractivity contribution in [3.8, 4) is 0 Å². The van der Waals surface area contributed by atoms with E-state index in [2.05, 4.69) is 58.6 Å². The molecule has 2 saturated heterocycles. The highest BCUT2D eigenvalue weighted by atomic mass is 16.2. The predicted octanol–water partition coefficient (Wildman–Crippen LogP) is 2.19. The fourth-order valence-electron chi connectivity index (χ4n) is 3.59. The highest BCUT2D eigenvalue weighted by Gasteiger charge is 2.41. The molecule has 0 spiro atoms. The lowest BCUT2D eigenvalue weighted by Crippen LogP contribution is -2.52. The minimum Gasteiger partial charge on any atom is -0.345 e. The van der Waals surface area contributed by atoms with Crippen molar-refractivity contribution in [1.29, 1.82) is 0 Å². The molecular weight excluding hydrogens is 328 g/mol. The SMILES string of the molecule is CN(c1ccccc1)c1ccc(CN2CCN3C(=O)NC(=O)C3C2)cc1. The quantitative estimate of drug-likeness (QED) is 0.859. The van der Waals surface area contributed by atoms with Crippen molar-refractivity contribution in [1.82, 2.24) is 15.1 Å². The average molecular weight is 350 g/mol. The third-order valence-corrected chi connectivity index (χ3v) is 5.13. The summed E-state index contributed by atoms with van der Waals surface area (Å²) in [5, 5.41) is 2.39. The Kier molecular flexibility index (Phi) is 4.34. The number of imide groups is 1. The molecule has 0 saturated carbocycles. The first-order chi connectivity index (χ1) is 12.6. The Morgan fingerprint density at radius 1 is 1.00 bits per heavy atom. The van der Waals surface area contributed by atoms with Crippen molar-refractivity contribution in [2.24, 2.45) is 0 Å². The van der Waals surface area contributed by atoms with Gasteiger partial charge >= 0.3 is 6.03 Å². The van der Waals surface area contributed by atoms with E-state index in [0.29, 0.717) is 13.1 Å². The topological polar surface area (TPSA) is 55.9 Å². The maximum Gasteiger partial charge on any atom is 0.324 e. The molecule has 2 aliphatic rings. The molecule has 2 aromatic carbocycles. The summed E-state index contributed by atoms with van der Waals surface area (Å²) in [5.74, 6) is -0.181. The molecule has 134 valence electrons. The Morgan fingerprint density at radius 3 is 2.42 bits per heavy atom. The molecule has 0 radical (unpaired) electrons. The molecule has 2 aliphatic heterocycles. The number of hydrogen-bond donors (Lipinski definition) is 1. The first kappa shape index (κ1) is 16.6. The van der Waals surface area contributed by atoms with E-state index in [1.807, 2.05) is 18.2 Å². The third kappa shape index (κ3) is 3.15. The van der Waals surface area contributed by atoms with Gasteiger partial charge in [-0.3, -0.25) is 15.0 Å². The number of nitrogens with zero attached hydrogens (tertiary/aromatic N) is 3. The second kappa shape index (κ2) is 6.80. The Hall–Kier alpha value is -2.86. The van der Waals surface area contributed by atoms with Gasteiger partial charge in [0.25, 0.3) is 5.91 Å². The number of carbonyl (C=O) groups is 2. The molecule has 1 atom stereocenters. The Labute approximate surface area is 153 Å². The summed E-state index contributed by atoms with van der Waals surface area (Å²) >= 11 is 0. The van der Waals surface area contributed by atoms with Crippen LogP contribution in [0.5, 0.6) is 0 Å². The highest BCUT2D eigenvalue weighted by Crippen LogP contribution is 2.24. The fourth-order valence-corrected chi connectivity index (χ4v) is 3.59. The van der Waals surface area contributed by atoms with Gasteiger partial charge in [-0.2, -0.15) is 0 Å². The van der Waals surface area contributed by atoms with Crippen LogP contribution in [0.1, 0.15) is 5.56 Å². The summed E-state index contributed by atoms with van der Waals surface area (Å²) in [7, 11) is 2.05. The van der Waals surface area contributed by atoms with E-state index in [1.165, 1.54) is 5.56 Å². The summed E-state index contributed by atoms with van der Waals surface area (Å²) in [6, 6.07) is 18.1. The van der Waals surface area contributed by atoms with Crippen LogP contribution in [-0.2, 0) is 11.3 Å². The number of piperazine rings is 1. The van der Waals surface area contributed by atoms with E-state index in [4.69, 9.17) is 0 Å². The maximum absolute atomic E-state index is 11.9. The lowest BCUT2D eigenvalue weighted by Gasteiger charge is -2.35. The zero-order chi connectivity index (χ0) is 18.1. The van der Waals surface area contributed by atoms with Crippen LogP contribution in [0.25, 0.3) is 0 Å². The van der Waals surface area contributed by atoms with E-state index in [-0.39, 0.29) is 18.0 Å². The van der Waals surface area contributed by atoms with Crippen LogP contribution in [0.3, 0.4) is 0 Å².